The number of aromatic amines is 1. The van der Waals surface area contributed by atoms with Gasteiger partial charge in [0.2, 0.25) is 0 Å². The van der Waals surface area contributed by atoms with E-state index in [9.17, 15) is 14.9 Å². The van der Waals surface area contributed by atoms with Crippen LogP contribution in [0.5, 0.6) is 0 Å². The van der Waals surface area contributed by atoms with Crippen LogP contribution in [0.2, 0.25) is 0 Å². The number of carboxylic acid groups (broad SMARTS) is 1. The number of nitro groups is 1. The molecule has 0 spiro atoms. The van der Waals surface area contributed by atoms with Gasteiger partial charge in [-0.15, -0.1) is 0 Å². The van der Waals surface area contributed by atoms with Crippen molar-refractivity contribution < 1.29 is 14.8 Å². The van der Waals surface area contributed by atoms with Crippen LogP contribution < -0.4 is 0 Å². The van der Waals surface area contributed by atoms with Crippen LogP contribution in [0.15, 0.2) is 18.3 Å². The Labute approximate surface area is 114 Å². The predicted molar refractivity (Wildman–Crippen MR) is 73.0 cm³/mol. The molecule has 3 rings (SSSR count). The third kappa shape index (κ3) is 1.84. The van der Waals surface area contributed by atoms with Crippen molar-refractivity contribution in [2.45, 2.75) is 31.6 Å². The van der Waals surface area contributed by atoms with Gasteiger partial charge in [0.05, 0.1) is 21.7 Å². The molecule has 1 unspecified atom stereocenters. The number of aromatic nitrogens is 1. The molecule has 1 fully saturated rings. The maximum absolute atomic E-state index is 11.2. The summed E-state index contributed by atoms with van der Waals surface area (Å²) < 4.78 is 0. The summed E-state index contributed by atoms with van der Waals surface area (Å²) >= 11 is 0. The molecule has 0 saturated heterocycles. The number of rotatable bonds is 4. The molecule has 6 heteroatoms. The second-order valence-corrected chi connectivity index (χ2v) is 5.26. The topological polar surface area (TPSA) is 96.2 Å². The van der Waals surface area contributed by atoms with E-state index in [-0.39, 0.29) is 5.69 Å². The highest BCUT2D eigenvalue weighted by molar-refractivity contribution is 5.97. The monoisotopic (exact) mass is 274 g/mol. The normalized spacial score (nSPS) is 16.2. The van der Waals surface area contributed by atoms with Gasteiger partial charge in [-0.1, -0.05) is 0 Å². The van der Waals surface area contributed by atoms with E-state index in [4.69, 9.17) is 5.11 Å². The number of fused-ring (bicyclic) bond motifs is 1. The van der Waals surface area contributed by atoms with E-state index in [1.54, 1.807) is 19.2 Å². The quantitative estimate of drug-likeness (QED) is 0.661. The summed E-state index contributed by atoms with van der Waals surface area (Å²) in [5.74, 6) is -1.33. The summed E-state index contributed by atoms with van der Waals surface area (Å²) in [6.45, 7) is 1.54. The minimum atomic E-state index is -0.989. The van der Waals surface area contributed by atoms with E-state index in [1.165, 1.54) is 6.07 Å². The van der Waals surface area contributed by atoms with Crippen LogP contribution in [0.25, 0.3) is 10.9 Å². The lowest BCUT2D eigenvalue weighted by Crippen LogP contribution is -2.07. The average Bonchev–Trinajstić information content (AvgIpc) is 3.15. The van der Waals surface area contributed by atoms with Crippen molar-refractivity contribution >= 4 is 22.6 Å². The molecule has 2 aromatic rings. The number of benzene rings is 1. The molecule has 1 heterocycles. The van der Waals surface area contributed by atoms with Gasteiger partial charge in [0.1, 0.15) is 0 Å². The van der Waals surface area contributed by atoms with Crippen LogP contribution in [-0.2, 0) is 4.79 Å². The molecule has 0 amide bonds. The molecular weight excluding hydrogens is 260 g/mol. The van der Waals surface area contributed by atoms with E-state index in [0.717, 1.165) is 18.4 Å². The minimum absolute atomic E-state index is 0.0336. The van der Waals surface area contributed by atoms with E-state index in [1.807, 2.05) is 0 Å². The molecule has 0 bridgehead atoms. The zero-order valence-corrected chi connectivity index (χ0v) is 10.9. The molecule has 0 radical (unpaired) electrons. The van der Waals surface area contributed by atoms with Crippen molar-refractivity contribution in [1.29, 1.82) is 0 Å². The molecule has 1 saturated carbocycles. The number of H-pyrrole nitrogens is 1. The van der Waals surface area contributed by atoms with E-state index in [2.05, 4.69) is 4.98 Å². The summed E-state index contributed by atoms with van der Waals surface area (Å²) in [6.07, 6.45) is 3.74. The van der Waals surface area contributed by atoms with E-state index in [0.29, 0.717) is 22.4 Å². The smallest absolute Gasteiger partial charge is 0.310 e. The number of aliphatic carboxylic acids is 1. The third-order valence-corrected chi connectivity index (χ3v) is 3.93. The Bertz CT molecular complexity index is 715. The second kappa shape index (κ2) is 4.33. The molecule has 104 valence electrons. The van der Waals surface area contributed by atoms with Crippen molar-refractivity contribution in [3.05, 3.63) is 39.6 Å². The standard InChI is InChI=1S/C14H14N2O4/c1-7(14(17)18)10-6-15-13-9(8-2-3-8)4-5-11(12(10)13)16(19)20/h4-8,15H,2-3H2,1H3,(H,17,18). The Kier molecular flexibility index (Phi) is 2.74. The van der Waals surface area contributed by atoms with Crippen molar-refractivity contribution in [2.24, 2.45) is 0 Å². The molecule has 0 aliphatic heterocycles. The van der Waals surface area contributed by atoms with Crippen molar-refractivity contribution in [3.63, 3.8) is 0 Å². The Morgan fingerprint density at radius 3 is 2.75 bits per heavy atom. The molecule has 6 nitrogen and oxygen atoms in total. The van der Waals surface area contributed by atoms with Gasteiger partial charge in [0.25, 0.3) is 5.69 Å². The Morgan fingerprint density at radius 1 is 1.50 bits per heavy atom. The fourth-order valence-electron chi connectivity index (χ4n) is 2.64. The molecule has 1 aromatic heterocycles. The predicted octanol–water partition coefficient (Wildman–Crippen LogP) is 3.14. The van der Waals surface area contributed by atoms with Gasteiger partial charge in [0.15, 0.2) is 0 Å². The molecule has 1 aromatic carbocycles. The lowest BCUT2D eigenvalue weighted by atomic mass is 9.97. The number of carbonyl (C=O) groups is 1. The van der Waals surface area contributed by atoms with Crippen molar-refractivity contribution in [3.8, 4) is 0 Å². The second-order valence-electron chi connectivity index (χ2n) is 5.26. The Hall–Kier alpha value is -2.37. The molecule has 1 atom stereocenters. The lowest BCUT2D eigenvalue weighted by molar-refractivity contribution is -0.383. The lowest BCUT2D eigenvalue weighted by Gasteiger charge is -2.06. The maximum Gasteiger partial charge on any atom is 0.310 e. The highest BCUT2D eigenvalue weighted by Crippen LogP contribution is 2.45. The fourth-order valence-corrected chi connectivity index (χ4v) is 2.64. The highest BCUT2D eigenvalue weighted by atomic mass is 16.6. The van der Waals surface area contributed by atoms with Crippen molar-refractivity contribution in [1.82, 2.24) is 4.98 Å². The number of nitrogens with zero attached hydrogens (tertiary/aromatic N) is 1. The first-order valence-corrected chi connectivity index (χ1v) is 6.51. The van der Waals surface area contributed by atoms with Gasteiger partial charge in [-0.3, -0.25) is 14.9 Å². The van der Waals surface area contributed by atoms with Gasteiger partial charge in [0, 0.05) is 12.3 Å². The fraction of sp³-hybridized carbons (Fsp3) is 0.357. The number of hydrogen-bond donors (Lipinski definition) is 2. The summed E-state index contributed by atoms with van der Waals surface area (Å²) in [7, 11) is 0. The highest BCUT2D eigenvalue weighted by Gasteiger charge is 2.31. The number of non-ortho nitro benzene ring substituents is 1. The zero-order valence-electron chi connectivity index (χ0n) is 10.9. The van der Waals surface area contributed by atoms with E-state index < -0.39 is 16.8 Å². The van der Waals surface area contributed by atoms with E-state index >= 15 is 0 Å². The van der Waals surface area contributed by atoms with Crippen LogP contribution in [0.3, 0.4) is 0 Å². The number of nitrogens with one attached hydrogen (secondary N) is 1. The van der Waals surface area contributed by atoms with Gasteiger partial charge >= 0.3 is 5.97 Å². The summed E-state index contributed by atoms with van der Waals surface area (Å²) in [4.78, 5) is 25.0. The maximum atomic E-state index is 11.2. The average molecular weight is 274 g/mol. The molecule has 1 aliphatic carbocycles. The summed E-state index contributed by atoms with van der Waals surface area (Å²) in [5, 5.41) is 20.8. The Balaban J connectivity index is 2.29. The van der Waals surface area contributed by atoms with Crippen LogP contribution in [-0.4, -0.2) is 21.0 Å². The third-order valence-electron chi connectivity index (χ3n) is 3.93. The van der Waals surface area contributed by atoms with Gasteiger partial charge in [-0.25, -0.2) is 0 Å². The van der Waals surface area contributed by atoms with Gasteiger partial charge in [-0.2, -0.15) is 0 Å². The first kappa shape index (κ1) is 12.7. The van der Waals surface area contributed by atoms with Crippen LogP contribution >= 0.6 is 0 Å². The van der Waals surface area contributed by atoms with Crippen molar-refractivity contribution in [2.75, 3.05) is 0 Å². The first-order chi connectivity index (χ1) is 9.50. The summed E-state index contributed by atoms with van der Waals surface area (Å²) in [6, 6.07) is 3.27. The summed E-state index contributed by atoms with van der Waals surface area (Å²) in [5.41, 5.74) is 2.20. The zero-order chi connectivity index (χ0) is 14.4. The number of nitro benzene ring substituents is 1. The van der Waals surface area contributed by atoms with Crippen LogP contribution in [0.1, 0.15) is 42.7 Å². The first-order valence-electron chi connectivity index (χ1n) is 6.51. The minimum Gasteiger partial charge on any atom is -0.481 e. The van der Waals surface area contributed by atoms with Gasteiger partial charge < -0.3 is 10.1 Å². The Morgan fingerprint density at radius 2 is 2.20 bits per heavy atom. The molecule has 1 aliphatic rings. The largest absolute Gasteiger partial charge is 0.481 e. The molecule has 20 heavy (non-hydrogen) atoms. The number of hydrogen-bond acceptors (Lipinski definition) is 3. The van der Waals surface area contributed by atoms with Crippen LogP contribution in [0, 0.1) is 10.1 Å². The molecule has 2 N–H and O–H groups in total. The van der Waals surface area contributed by atoms with Gasteiger partial charge in [-0.05, 0) is 42.9 Å². The van der Waals surface area contributed by atoms with Crippen LogP contribution in [0.4, 0.5) is 5.69 Å². The SMILES string of the molecule is CC(C(=O)O)c1c[nH]c2c(C3CC3)ccc([N+](=O)[O-])c12. The molecular formula is C14H14N2O4. The number of carboxylic acids is 1.